The third-order valence-corrected chi connectivity index (χ3v) is 3.17. The van der Waals surface area contributed by atoms with Crippen molar-refractivity contribution in [1.29, 1.82) is 0 Å². The molecule has 0 spiro atoms. The zero-order valence-electron chi connectivity index (χ0n) is 11.5. The van der Waals surface area contributed by atoms with Gasteiger partial charge in [-0.25, -0.2) is 0 Å². The Kier molecular flexibility index (Phi) is 4.02. The Bertz CT molecular complexity index is 781. The third-order valence-electron chi connectivity index (χ3n) is 2.97. The summed E-state index contributed by atoms with van der Waals surface area (Å²) in [4.78, 5) is 12.0. The predicted octanol–water partition coefficient (Wildman–Crippen LogP) is 3.06. The summed E-state index contributed by atoms with van der Waals surface area (Å²) in [7, 11) is 0. The number of furan rings is 1. The molecule has 0 unspecified atom stereocenters. The van der Waals surface area contributed by atoms with Crippen LogP contribution >= 0.6 is 12.2 Å². The van der Waals surface area contributed by atoms with Crippen molar-refractivity contribution in [3.8, 4) is 0 Å². The summed E-state index contributed by atoms with van der Waals surface area (Å²) in [5, 5.41) is 4.11. The minimum Gasteiger partial charge on any atom is -0.451 e. The zero-order valence-corrected chi connectivity index (χ0v) is 12.3. The molecule has 6 heteroatoms. The molecule has 22 heavy (non-hydrogen) atoms. The van der Waals surface area contributed by atoms with Gasteiger partial charge in [-0.05, 0) is 36.5 Å². The second-order valence-electron chi connectivity index (χ2n) is 4.55. The minimum absolute atomic E-state index is 0.219. The minimum atomic E-state index is -0.395. The molecule has 110 valence electrons. The molecular formula is C16H13N3O2S. The summed E-state index contributed by atoms with van der Waals surface area (Å²) in [6.45, 7) is 0. The van der Waals surface area contributed by atoms with Crippen LogP contribution in [0.4, 0.5) is 5.69 Å². The Morgan fingerprint density at radius 3 is 2.45 bits per heavy atom. The first-order chi connectivity index (χ1) is 10.7. The fourth-order valence-electron chi connectivity index (χ4n) is 1.95. The van der Waals surface area contributed by atoms with Crippen molar-refractivity contribution in [1.82, 2.24) is 10.9 Å². The summed E-state index contributed by atoms with van der Waals surface area (Å²) >= 11 is 5.10. The van der Waals surface area contributed by atoms with Gasteiger partial charge in [0.05, 0.1) is 0 Å². The zero-order chi connectivity index (χ0) is 15.4. The number of hydrogen-bond acceptors (Lipinski definition) is 3. The Labute approximate surface area is 132 Å². The van der Waals surface area contributed by atoms with Gasteiger partial charge in [0.1, 0.15) is 5.58 Å². The molecule has 2 aromatic carbocycles. The van der Waals surface area contributed by atoms with Crippen LogP contribution in [0, 0.1) is 0 Å². The molecule has 0 saturated heterocycles. The number of rotatable bonds is 2. The Hall–Kier alpha value is -2.86. The number of amides is 1. The summed E-state index contributed by atoms with van der Waals surface area (Å²) in [5.74, 6) is -0.176. The molecule has 0 fully saturated rings. The van der Waals surface area contributed by atoms with Gasteiger partial charge in [0.25, 0.3) is 0 Å². The molecule has 1 heterocycles. The summed E-state index contributed by atoms with van der Waals surface area (Å²) in [5.41, 5.74) is 6.62. The fourth-order valence-corrected chi connectivity index (χ4v) is 2.12. The number of anilines is 1. The van der Waals surface area contributed by atoms with Gasteiger partial charge >= 0.3 is 5.91 Å². The lowest BCUT2D eigenvalue weighted by Gasteiger charge is -2.10. The van der Waals surface area contributed by atoms with E-state index in [1.165, 1.54) is 0 Å². The van der Waals surface area contributed by atoms with E-state index in [0.717, 1.165) is 11.1 Å². The SMILES string of the molecule is O=C(NNC(=S)Nc1ccccc1)c1cc2ccccc2o1. The van der Waals surface area contributed by atoms with Crippen LogP contribution in [0.2, 0.25) is 0 Å². The van der Waals surface area contributed by atoms with Gasteiger partial charge in [-0.2, -0.15) is 0 Å². The van der Waals surface area contributed by atoms with E-state index in [2.05, 4.69) is 16.2 Å². The number of fused-ring (bicyclic) bond motifs is 1. The molecule has 1 amide bonds. The number of carbonyl (C=O) groups excluding carboxylic acids is 1. The van der Waals surface area contributed by atoms with Gasteiger partial charge < -0.3 is 9.73 Å². The average Bonchev–Trinajstić information content (AvgIpc) is 2.98. The lowest BCUT2D eigenvalue weighted by molar-refractivity contribution is 0.0918. The van der Waals surface area contributed by atoms with Gasteiger partial charge in [0.15, 0.2) is 10.9 Å². The number of para-hydroxylation sites is 2. The van der Waals surface area contributed by atoms with Crippen molar-refractivity contribution < 1.29 is 9.21 Å². The number of thiocarbonyl (C=S) groups is 1. The molecule has 5 nitrogen and oxygen atoms in total. The summed E-state index contributed by atoms with van der Waals surface area (Å²) in [6, 6.07) is 18.5. The van der Waals surface area contributed by atoms with Crippen molar-refractivity contribution in [3.63, 3.8) is 0 Å². The van der Waals surface area contributed by atoms with Crippen molar-refractivity contribution in [2.24, 2.45) is 0 Å². The molecule has 3 N–H and O–H groups in total. The number of benzene rings is 2. The van der Waals surface area contributed by atoms with Crippen molar-refractivity contribution in [2.45, 2.75) is 0 Å². The number of hydrazine groups is 1. The summed E-state index contributed by atoms with van der Waals surface area (Å²) < 4.78 is 5.46. The van der Waals surface area contributed by atoms with Crippen LogP contribution in [0.5, 0.6) is 0 Å². The first kappa shape index (κ1) is 14.1. The maximum Gasteiger partial charge on any atom is 0.305 e. The van der Waals surface area contributed by atoms with Crippen molar-refractivity contribution >= 4 is 39.9 Å². The quantitative estimate of drug-likeness (QED) is 0.501. The van der Waals surface area contributed by atoms with Gasteiger partial charge in [0, 0.05) is 11.1 Å². The Balaban J connectivity index is 1.59. The first-order valence-corrected chi connectivity index (χ1v) is 7.04. The summed E-state index contributed by atoms with van der Waals surface area (Å²) in [6.07, 6.45) is 0. The maximum absolute atomic E-state index is 12.0. The monoisotopic (exact) mass is 311 g/mol. The molecule has 0 atom stereocenters. The van der Waals surface area contributed by atoms with Crippen LogP contribution in [-0.2, 0) is 0 Å². The lowest BCUT2D eigenvalue weighted by Crippen LogP contribution is -2.43. The van der Waals surface area contributed by atoms with E-state index in [4.69, 9.17) is 16.6 Å². The average molecular weight is 311 g/mol. The Morgan fingerprint density at radius 2 is 1.68 bits per heavy atom. The van der Waals surface area contributed by atoms with Crippen molar-refractivity contribution in [3.05, 3.63) is 66.4 Å². The highest BCUT2D eigenvalue weighted by Gasteiger charge is 2.11. The molecule has 3 rings (SSSR count). The smallest absolute Gasteiger partial charge is 0.305 e. The molecule has 1 aromatic heterocycles. The second-order valence-corrected chi connectivity index (χ2v) is 4.96. The van der Waals surface area contributed by atoms with Gasteiger partial charge in [0.2, 0.25) is 0 Å². The molecule has 0 bridgehead atoms. The molecule has 3 aromatic rings. The van der Waals surface area contributed by atoms with Crippen molar-refractivity contribution in [2.75, 3.05) is 5.32 Å². The number of hydrogen-bond donors (Lipinski definition) is 3. The second kappa shape index (κ2) is 6.28. The molecule has 0 aliphatic rings. The first-order valence-electron chi connectivity index (χ1n) is 6.63. The molecule has 0 aliphatic carbocycles. The van der Waals surface area contributed by atoms with Gasteiger partial charge in [-0.3, -0.25) is 15.6 Å². The molecule has 0 aliphatic heterocycles. The van der Waals surface area contributed by atoms with Gasteiger partial charge in [-0.15, -0.1) is 0 Å². The van der Waals surface area contributed by atoms with E-state index < -0.39 is 5.91 Å². The normalized spacial score (nSPS) is 10.2. The van der Waals surface area contributed by atoms with E-state index in [0.29, 0.717) is 5.58 Å². The van der Waals surface area contributed by atoms with E-state index in [1.54, 1.807) is 12.1 Å². The number of carbonyl (C=O) groups is 1. The van der Waals surface area contributed by atoms with E-state index in [-0.39, 0.29) is 10.9 Å². The predicted molar refractivity (Wildman–Crippen MR) is 89.5 cm³/mol. The van der Waals surface area contributed by atoms with E-state index >= 15 is 0 Å². The van der Waals surface area contributed by atoms with Crippen LogP contribution < -0.4 is 16.2 Å². The highest BCUT2D eigenvalue weighted by Crippen LogP contribution is 2.18. The Morgan fingerprint density at radius 1 is 0.955 bits per heavy atom. The fraction of sp³-hybridized carbons (Fsp3) is 0. The lowest BCUT2D eigenvalue weighted by atomic mass is 10.2. The van der Waals surface area contributed by atoms with Crippen LogP contribution in [0.15, 0.2) is 65.1 Å². The number of nitrogens with one attached hydrogen (secondary N) is 3. The molecule has 0 radical (unpaired) electrons. The van der Waals surface area contributed by atoms with Gasteiger partial charge in [-0.1, -0.05) is 36.4 Å². The highest BCUT2D eigenvalue weighted by atomic mass is 32.1. The molecule has 0 saturated carbocycles. The van der Waals surface area contributed by atoms with Crippen LogP contribution in [-0.4, -0.2) is 11.0 Å². The molecular weight excluding hydrogens is 298 g/mol. The largest absolute Gasteiger partial charge is 0.451 e. The van der Waals surface area contributed by atoms with E-state index in [1.807, 2.05) is 48.5 Å². The topological polar surface area (TPSA) is 66.3 Å². The van der Waals surface area contributed by atoms with E-state index in [9.17, 15) is 4.79 Å². The highest BCUT2D eigenvalue weighted by molar-refractivity contribution is 7.80. The van der Waals surface area contributed by atoms with Crippen LogP contribution in [0.3, 0.4) is 0 Å². The third kappa shape index (κ3) is 3.24. The van der Waals surface area contributed by atoms with Crippen LogP contribution in [0.1, 0.15) is 10.6 Å². The maximum atomic E-state index is 12.0. The van der Waals surface area contributed by atoms with Crippen LogP contribution in [0.25, 0.3) is 11.0 Å². The standard InChI is InChI=1S/C16H13N3O2S/c20-15(14-10-11-6-4-5-9-13(11)21-14)18-19-16(22)17-12-7-2-1-3-8-12/h1-10H,(H,18,20)(H2,17,19,22).